The van der Waals surface area contributed by atoms with Crippen molar-refractivity contribution in [1.82, 2.24) is 10.6 Å². The molecule has 3 amide bonds. The van der Waals surface area contributed by atoms with Crippen molar-refractivity contribution in [3.05, 3.63) is 29.8 Å². The number of hydrogen-bond acceptors (Lipinski definition) is 3. The van der Waals surface area contributed by atoms with Crippen molar-refractivity contribution >= 4 is 11.9 Å². The molecule has 0 bridgehead atoms. The van der Waals surface area contributed by atoms with Gasteiger partial charge < -0.3 is 10.1 Å². The maximum Gasteiger partial charge on any atom is 0.321 e. The Labute approximate surface area is 113 Å². The highest BCUT2D eigenvalue weighted by Gasteiger charge is 2.09. The van der Waals surface area contributed by atoms with Crippen molar-refractivity contribution in [2.75, 3.05) is 13.2 Å². The summed E-state index contributed by atoms with van der Waals surface area (Å²) in [7, 11) is 0. The molecule has 0 radical (unpaired) electrons. The van der Waals surface area contributed by atoms with E-state index >= 15 is 0 Å². The molecule has 0 saturated heterocycles. The maximum absolute atomic E-state index is 11.5. The Morgan fingerprint density at radius 3 is 2.58 bits per heavy atom. The molecule has 1 aromatic carbocycles. The fourth-order valence-corrected chi connectivity index (χ4v) is 1.37. The van der Waals surface area contributed by atoms with Crippen LogP contribution in [0.2, 0.25) is 0 Å². The summed E-state index contributed by atoms with van der Waals surface area (Å²) in [4.78, 5) is 22.8. The number of ether oxygens (including phenoxy) is 1. The van der Waals surface area contributed by atoms with E-state index in [0.717, 1.165) is 5.56 Å². The number of amides is 3. The number of carbonyl (C=O) groups is 2. The lowest BCUT2D eigenvalue weighted by Gasteiger charge is -2.10. The maximum atomic E-state index is 11.5. The minimum Gasteiger partial charge on any atom is -0.483 e. The Hall–Kier alpha value is -2.04. The van der Waals surface area contributed by atoms with Crippen LogP contribution >= 0.6 is 0 Å². The van der Waals surface area contributed by atoms with Crippen LogP contribution in [0, 0.1) is 12.8 Å². The number of hydrogen-bond donors (Lipinski definition) is 2. The number of nitrogens with one attached hydrogen (secondary N) is 2. The Balaban J connectivity index is 2.32. The van der Waals surface area contributed by atoms with E-state index in [0.29, 0.717) is 18.2 Å². The first-order valence-corrected chi connectivity index (χ1v) is 6.25. The van der Waals surface area contributed by atoms with Gasteiger partial charge in [0.25, 0.3) is 5.91 Å². The fraction of sp³-hybridized carbons (Fsp3) is 0.429. The molecule has 5 heteroatoms. The zero-order valence-corrected chi connectivity index (χ0v) is 11.5. The van der Waals surface area contributed by atoms with Crippen molar-refractivity contribution in [3.63, 3.8) is 0 Å². The second-order valence-corrected chi connectivity index (χ2v) is 4.71. The van der Waals surface area contributed by atoms with Gasteiger partial charge in [0, 0.05) is 6.54 Å². The first-order valence-electron chi connectivity index (χ1n) is 6.25. The smallest absolute Gasteiger partial charge is 0.321 e. The van der Waals surface area contributed by atoms with E-state index in [1.807, 2.05) is 39.0 Å². The molecule has 19 heavy (non-hydrogen) atoms. The second-order valence-electron chi connectivity index (χ2n) is 4.71. The van der Waals surface area contributed by atoms with E-state index in [-0.39, 0.29) is 6.61 Å². The fourth-order valence-electron chi connectivity index (χ4n) is 1.37. The van der Waals surface area contributed by atoms with Crippen LogP contribution in [0.5, 0.6) is 5.75 Å². The van der Waals surface area contributed by atoms with Gasteiger partial charge in [-0.15, -0.1) is 0 Å². The largest absolute Gasteiger partial charge is 0.483 e. The number of benzene rings is 1. The molecule has 0 aliphatic rings. The predicted molar refractivity (Wildman–Crippen MR) is 73.1 cm³/mol. The van der Waals surface area contributed by atoms with Crippen molar-refractivity contribution < 1.29 is 14.3 Å². The average Bonchev–Trinajstić information content (AvgIpc) is 2.35. The van der Waals surface area contributed by atoms with Crippen LogP contribution in [-0.4, -0.2) is 25.1 Å². The molecular formula is C14H20N2O3. The highest BCUT2D eigenvalue weighted by molar-refractivity contribution is 5.94. The number of imide groups is 1. The highest BCUT2D eigenvalue weighted by Crippen LogP contribution is 2.15. The van der Waals surface area contributed by atoms with Gasteiger partial charge >= 0.3 is 6.03 Å². The lowest BCUT2D eigenvalue weighted by atomic mass is 10.2. The molecule has 0 saturated carbocycles. The number of rotatable bonds is 5. The van der Waals surface area contributed by atoms with Crippen LogP contribution in [0.25, 0.3) is 0 Å². The van der Waals surface area contributed by atoms with Crippen molar-refractivity contribution in [2.45, 2.75) is 20.8 Å². The summed E-state index contributed by atoms with van der Waals surface area (Å²) in [5.41, 5.74) is 0.944. The van der Waals surface area contributed by atoms with Gasteiger partial charge in [-0.25, -0.2) is 4.79 Å². The molecule has 0 aliphatic heterocycles. The molecule has 0 spiro atoms. The molecular weight excluding hydrogens is 244 g/mol. The normalized spacial score (nSPS) is 10.1. The van der Waals surface area contributed by atoms with Crippen LogP contribution in [0.15, 0.2) is 24.3 Å². The van der Waals surface area contributed by atoms with E-state index in [1.54, 1.807) is 6.07 Å². The van der Waals surface area contributed by atoms with Crippen LogP contribution in [-0.2, 0) is 4.79 Å². The molecule has 1 rings (SSSR count). The van der Waals surface area contributed by atoms with Crippen LogP contribution in [0.3, 0.4) is 0 Å². The Kier molecular flexibility index (Phi) is 5.85. The summed E-state index contributed by atoms with van der Waals surface area (Å²) in [6.45, 7) is 6.19. The molecule has 0 unspecified atom stereocenters. The van der Waals surface area contributed by atoms with E-state index in [9.17, 15) is 9.59 Å². The highest BCUT2D eigenvalue weighted by atomic mass is 16.5. The van der Waals surface area contributed by atoms with Gasteiger partial charge in [-0.1, -0.05) is 32.0 Å². The Morgan fingerprint density at radius 2 is 1.95 bits per heavy atom. The zero-order chi connectivity index (χ0) is 14.3. The molecule has 1 aromatic rings. The monoisotopic (exact) mass is 264 g/mol. The lowest BCUT2D eigenvalue weighted by Crippen LogP contribution is -2.42. The van der Waals surface area contributed by atoms with Gasteiger partial charge in [-0.2, -0.15) is 0 Å². The third-order valence-corrected chi connectivity index (χ3v) is 2.38. The summed E-state index contributed by atoms with van der Waals surface area (Å²) < 4.78 is 5.33. The van der Waals surface area contributed by atoms with Crippen LogP contribution < -0.4 is 15.4 Å². The molecule has 0 fully saturated rings. The summed E-state index contributed by atoms with van der Waals surface area (Å²) in [6, 6.07) is 6.90. The number of para-hydroxylation sites is 1. The summed E-state index contributed by atoms with van der Waals surface area (Å²) in [5.74, 6) is 0.508. The van der Waals surface area contributed by atoms with Gasteiger partial charge in [0.1, 0.15) is 5.75 Å². The molecule has 104 valence electrons. The minimum absolute atomic E-state index is 0.181. The first kappa shape index (κ1) is 15.0. The van der Waals surface area contributed by atoms with Gasteiger partial charge in [0.05, 0.1) is 0 Å². The van der Waals surface area contributed by atoms with E-state index in [4.69, 9.17) is 4.74 Å². The molecule has 5 nitrogen and oxygen atoms in total. The SMILES string of the molecule is Cc1ccccc1OCC(=O)NC(=O)NCC(C)C. The minimum atomic E-state index is -0.493. The molecule has 0 aromatic heterocycles. The lowest BCUT2D eigenvalue weighted by molar-refractivity contribution is -0.122. The summed E-state index contributed by atoms with van der Waals surface area (Å²) in [6.07, 6.45) is 0. The second kappa shape index (κ2) is 7.41. The third kappa shape index (κ3) is 5.90. The Bertz CT molecular complexity index is 444. The van der Waals surface area contributed by atoms with Gasteiger partial charge in [0.15, 0.2) is 6.61 Å². The molecule has 0 atom stereocenters. The number of carbonyl (C=O) groups excluding carboxylic acids is 2. The quantitative estimate of drug-likeness (QED) is 0.853. The molecule has 2 N–H and O–H groups in total. The topological polar surface area (TPSA) is 67.4 Å². The predicted octanol–water partition coefficient (Wildman–Crippen LogP) is 1.86. The van der Waals surface area contributed by atoms with Crippen LogP contribution in [0.1, 0.15) is 19.4 Å². The number of urea groups is 1. The zero-order valence-electron chi connectivity index (χ0n) is 11.5. The molecule has 0 aliphatic carbocycles. The van der Waals surface area contributed by atoms with Crippen molar-refractivity contribution in [1.29, 1.82) is 0 Å². The van der Waals surface area contributed by atoms with Gasteiger partial charge in [-0.05, 0) is 24.5 Å². The van der Waals surface area contributed by atoms with Gasteiger partial charge in [0.2, 0.25) is 0 Å². The van der Waals surface area contributed by atoms with E-state index < -0.39 is 11.9 Å². The summed E-state index contributed by atoms with van der Waals surface area (Å²) in [5, 5.41) is 4.81. The third-order valence-electron chi connectivity index (χ3n) is 2.38. The standard InChI is InChI=1S/C14H20N2O3/c1-10(2)8-15-14(18)16-13(17)9-19-12-7-5-4-6-11(12)3/h4-7,10H,8-9H2,1-3H3,(H2,15,16,17,18). The Morgan fingerprint density at radius 1 is 1.26 bits per heavy atom. The van der Waals surface area contributed by atoms with Gasteiger partial charge in [-0.3, -0.25) is 10.1 Å². The van der Waals surface area contributed by atoms with E-state index in [2.05, 4.69) is 10.6 Å². The molecule has 0 heterocycles. The average molecular weight is 264 g/mol. The van der Waals surface area contributed by atoms with Crippen molar-refractivity contribution in [3.8, 4) is 5.75 Å². The van der Waals surface area contributed by atoms with E-state index in [1.165, 1.54) is 0 Å². The van der Waals surface area contributed by atoms with Crippen LogP contribution in [0.4, 0.5) is 4.79 Å². The summed E-state index contributed by atoms with van der Waals surface area (Å²) >= 11 is 0. The number of aryl methyl sites for hydroxylation is 1. The van der Waals surface area contributed by atoms with Crippen molar-refractivity contribution in [2.24, 2.45) is 5.92 Å². The first-order chi connectivity index (χ1) is 8.99.